The highest BCUT2D eigenvalue weighted by Gasteiger charge is 2.26. The first-order valence-electron chi connectivity index (χ1n) is 8.68. The Labute approximate surface area is 146 Å². The number of ether oxygens (including phenoxy) is 1. The molecule has 1 N–H and O–H groups in total. The molecule has 4 heteroatoms. The van der Waals surface area contributed by atoms with Gasteiger partial charge in [-0.3, -0.25) is 4.98 Å². The minimum absolute atomic E-state index is 0.362. The third-order valence-electron chi connectivity index (χ3n) is 4.83. The quantitative estimate of drug-likeness (QED) is 0.775. The summed E-state index contributed by atoms with van der Waals surface area (Å²) in [7, 11) is 0. The van der Waals surface area contributed by atoms with E-state index in [4.69, 9.17) is 4.74 Å². The van der Waals surface area contributed by atoms with E-state index < -0.39 is 6.17 Å². The molecule has 0 saturated carbocycles. The lowest BCUT2D eigenvalue weighted by Gasteiger charge is -2.27. The Bertz CT molecular complexity index is 879. The molecular weight excluding hydrogens is 315 g/mol. The monoisotopic (exact) mass is 336 g/mol. The zero-order valence-electron chi connectivity index (χ0n) is 14.2. The van der Waals surface area contributed by atoms with Crippen molar-refractivity contribution in [1.29, 1.82) is 0 Å². The van der Waals surface area contributed by atoms with Gasteiger partial charge in [0.2, 0.25) is 0 Å². The maximum Gasteiger partial charge on any atom is 0.149 e. The summed E-state index contributed by atoms with van der Waals surface area (Å²) in [4.78, 5) is 4.50. The highest BCUT2D eigenvalue weighted by Crippen LogP contribution is 2.30. The van der Waals surface area contributed by atoms with Crippen LogP contribution in [0.5, 0.6) is 5.75 Å². The van der Waals surface area contributed by atoms with Gasteiger partial charge in [-0.05, 0) is 54.8 Å². The van der Waals surface area contributed by atoms with Crippen molar-refractivity contribution in [2.75, 3.05) is 13.1 Å². The van der Waals surface area contributed by atoms with Crippen molar-refractivity contribution in [3.8, 4) is 16.9 Å². The molecule has 2 heterocycles. The van der Waals surface area contributed by atoms with Crippen LogP contribution in [0.25, 0.3) is 22.0 Å². The third kappa shape index (κ3) is 3.22. The smallest absolute Gasteiger partial charge is 0.149 e. The summed E-state index contributed by atoms with van der Waals surface area (Å²) in [6, 6.07) is 16.1. The highest BCUT2D eigenvalue weighted by molar-refractivity contribution is 5.88. The molecule has 1 aliphatic rings. The van der Waals surface area contributed by atoms with Gasteiger partial charge in [0, 0.05) is 18.1 Å². The van der Waals surface area contributed by atoms with Crippen LogP contribution in [0.1, 0.15) is 12.0 Å². The van der Waals surface area contributed by atoms with E-state index in [2.05, 4.69) is 35.4 Å². The van der Waals surface area contributed by atoms with Gasteiger partial charge < -0.3 is 10.1 Å². The fourth-order valence-corrected chi connectivity index (χ4v) is 3.42. The lowest BCUT2D eigenvalue weighted by molar-refractivity contribution is 0.0732. The van der Waals surface area contributed by atoms with E-state index in [0.717, 1.165) is 39.9 Å². The second-order valence-electron chi connectivity index (χ2n) is 6.50. The number of halogens is 1. The number of aryl methyl sites for hydroxylation is 1. The Balaban J connectivity index is 1.59. The van der Waals surface area contributed by atoms with E-state index in [1.165, 1.54) is 0 Å². The van der Waals surface area contributed by atoms with E-state index in [1.54, 1.807) is 0 Å². The van der Waals surface area contributed by atoms with Gasteiger partial charge in [0.05, 0.1) is 5.52 Å². The second-order valence-corrected chi connectivity index (χ2v) is 6.50. The molecule has 1 saturated heterocycles. The van der Waals surface area contributed by atoms with E-state index in [0.29, 0.717) is 13.0 Å². The Morgan fingerprint density at radius 2 is 1.96 bits per heavy atom. The van der Waals surface area contributed by atoms with Crippen LogP contribution in [0, 0.1) is 6.92 Å². The Morgan fingerprint density at radius 1 is 1.12 bits per heavy atom. The molecule has 0 spiro atoms. The first kappa shape index (κ1) is 16.0. The van der Waals surface area contributed by atoms with Crippen LogP contribution in [-0.4, -0.2) is 30.3 Å². The summed E-state index contributed by atoms with van der Waals surface area (Å²) >= 11 is 0. The molecule has 0 aliphatic carbocycles. The Hall–Kier alpha value is -2.46. The number of hydrogen-bond acceptors (Lipinski definition) is 3. The van der Waals surface area contributed by atoms with E-state index in [-0.39, 0.29) is 6.10 Å². The lowest BCUT2D eigenvalue weighted by atomic mass is 9.98. The van der Waals surface area contributed by atoms with Crippen LogP contribution in [0.2, 0.25) is 0 Å². The van der Waals surface area contributed by atoms with Crippen LogP contribution >= 0.6 is 0 Å². The molecule has 3 aromatic rings. The van der Waals surface area contributed by atoms with Gasteiger partial charge in [0.1, 0.15) is 18.0 Å². The molecule has 1 fully saturated rings. The molecule has 25 heavy (non-hydrogen) atoms. The zero-order chi connectivity index (χ0) is 17.2. The maximum atomic E-state index is 13.9. The van der Waals surface area contributed by atoms with Crippen molar-refractivity contribution in [1.82, 2.24) is 10.3 Å². The normalized spacial score (nSPS) is 20.6. The fraction of sp³-hybridized carbons (Fsp3) is 0.286. The van der Waals surface area contributed by atoms with Crippen LogP contribution in [0.4, 0.5) is 4.39 Å². The molecule has 0 radical (unpaired) electrons. The summed E-state index contributed by atoms with van der Waals surface area (Å²) in [6.45, 7) is 3.26. The van der Waals surface area contributed by atoms with Gasteiger partial charge in [-0.2, -0.15) is 0 Å². The minimum Gasteiger partial charge on any atom is -0.487 e. The van der Waals surface area contributed by atoms with Crippen molar-refractivity contribution in [2.24, 2.45) is 0 Å². The topological polar surface area (TPSA) is 34.1 Å². The summed E-state index contributed by atoms with van der Waals surface area (Å²) < 4.78 is 19.7. The third-order valence-corrected chi connectivity index (χ3v) is 4.83. The van der Waals surface area contributed by atoms with Crippen molar-refractivity contribution in [3.05, 3.63) is 60.3 Å². The average molecular weight is 336 g/mol. The SMILES string of the molecule is Cc1c(-c2ccc(OC3CCNCC3F)cc2)ccc2cccnc12. The van der Waals surface area contributed by atoms with Gasteiger partial charge in [0.25, 0.3) is 0 Å². The number of rotatable bonds is 3. The van der Waals surface area contributed by atoms with Crippen molar-refractivity contribution in [3.63, 3.8) is 0 Å². The average Bonchev–Trinajstić information content (AvgIpc) is 2.65. The molecule has 4 rings (SSSR count). The zero-order valence-corrected chi connectivity index (χ0v) is 14.2. The van der Waals surface area contributed by atoms with E-state index in [1.807, 2.05) is 36.5 Å². The molecule has 2 atom stereocenters. The second kappa shape index (κ2) is 6.81. The summed E-state index contributed by atoms with van der Waals surface area (Å²) in [5, 5.41) is 4.18. The number of nitrogens with zero attached hydrogens (tertiary/aromatic N) is 1. The van der Waals surface area contributed by atoms with Gasteiger partial charge in [-0.25, -0.2) is 4.39 Å². The maximum absolute atomic E-state index is 13.9. The van der Waals surface area contributed by atoms with E-state index in [9.17, 15) is 4.39 Å². The summed E-state index contributed by atoms with van der Waals surface area (Å²) in [5.74, 6) is 0.717. The molecular formula is C21H21FN2O. The molecule has 2 aromatic carbocycles. The predicted octanol–water partition coefficient (Wildman–Crippen LogP) is 4.29. The van der Waals surface area contributed by atoms with Crippen LogP contribution in [-0.2, 0) is 0 Å². The molecule has 1 aliphatic heterocycles. The van der Waals surface area contributed by atoms with Gasteiger partial charge in [-0.15, -0.1) is 0 Å². The van der Waals surface area contributed by atoms with Gasteiger partial charge >= 0.3 is 0 Å². The van der Waals surface area contributed by atoms with Crippen LogP contribution in [0.15, 0.2) is 54.7 Å². The number of pyridine rings is 1. The number of benzene rings is 2. The first-order chi connectivity index (χ1) is 12.2. The Kier molecular flexibility index (Phi) is 4.36. The number of fused-ring (bicyclic) bond motifs is 1. The fourth-order valence-electron chi connectivity index (χ4n) is 3.42. The van der Waals surface area contributed by atoms with E-state index >= 15 is 0 Å². The number of piperidine rings is 1. The number of hydrogen-bond donors (Lipinski definition) is 1. The van der Waals surface area contributed by atoms with Crippen LogP contribution < -0.4 is 10.1 Å². The summed E-state index contributed by atoms with van der Waals surface area (Å²) in [5.41, 5.74) is 4.45. The summed E-state index contributed by atoms with van der Waals surface area (Å²) in [6.07, 6.45) is 1.20. The first-order valence-corrected chi connectivity index (χ1v) is 8.68. The van der Waals surface area contributed by atoms with Crippen LogP contribution in [0.3, 0.4) is 0 Å². The van der Waals surface area contributed by atoms with Crippen molar-refractivity contribution in [2.45, 2.75) is 25.6 Å². The molecule has 2 unspecified atom stereocenters. The Morgan fingerprint density at radius 3 is 2.76 bits per heavy atom. The molecule has 0 bridgehead atoms. The number of alkyl halides is 1. The van der Waals surface area contributed by atoms with Gasteiger partial charge in [0.15, 0.2) is 0 Å². The lowest BCUT2D eigenvalue weighted by Crippen LogP contribution is -2.44. The number of aromatic nitrogens is 1. The standard InChI is InChI=1S/C21H21FN2O/c1-14-18(9-6-16-3-2-11-24-21(14)16)15-4-7-17(8-5-15)25-20-10-12-23-13-19(20)22/h2-9,11,19-20,23H,10,12-13H2,1H3. The molecule has 1 aromatic heterocycles. The predicted molar refractivity (Wildman–Crippen MR) is 98.7 cm³/mol. The minimum atomic E-state index is -0.956. The largest absolute Gasteiger partial charge is 0.487 e. The van der Waals surface area contributed by atoms with Crippen molar-refractivity contribution >= 4 is 10.9 Å². The highest BCUT2D eigenvalue weighted by atomic mass is 19.1. The molecule has 128 valence electrons. The van der Waals surface area contributed by atoms with Gasteiger partial charge in [-0.1, -0.05) is 30.3 Å². The molecule has 0 amide bonds. The molecule has 3 nitrogen and oxygen atoms in total. The van der Waals surface area contributed by atoms with Crippen molar-refractivity contribution < 1.29 is 9.13 Å². The number of nitrogens with one attached hydrogen (secondary N) is 1.